The molecule has 28 heavy (non-hydrogen) atoms. The van der Waals surface area contributed by atoms with Crippen LogP contribution in [0.3, 0.4) is 0 Å². The minimum atomic E-state index is -0.311. The Hall–Kier alpha value is -3.54. The minimum Gasteiger partial charge on any atom is -0.497 e. The highest BCUT2D eigenvalue weighted by Crippen LogP contribution is 2.29. The molecular weight excluding hydrogens is 354 g/mol. The maximum absolute atomic E-state index is 12.5. The summed E-state index contributed by atoms with van der Waals surface area (Å²) >= 11 is 0. The summed E-state index contributed by atoms with van der Waals surface area (Å²) in [7, 11) is 3.11. The van der Waals surface area contributed by atoms with E-state index >= 15 is 0 Å². The summed E-state index contributed by atoms with van der Waals surface area (Å²) < 4.78 is 10.5. The van der Waals surface area contributed by atoms with Crippen molar-refractivity contribution in [2.75, 3.05) is 24.9 Å². The summed E-state index contributed by atoms with van der Waals surface area (Å²) in [5.74, 6) is 0.857. The van der Waals surface area contributed by atoms with Gasteiger partial charge in [0, 0.05) is 12.6 Å². The highest BCUT2D eigenvalue weighted by Gasteiger charge is 2.12. The van der Waals surface area contributed by atoms with Gasteiger partial charge in [0.25, 0.3) is 5.91 Å². The first-order valence-electron chi connectivity index (χ1n) is 8.88. The van der Waals surface area contributed by atoms with Crippen LogP contribution >= 0.6 is 0 Å². The molecule has 0 aliphatic heterocycles. The molecule has 144 valence electrons. The molecule has 2 aromatic carbocycles. The minimum absolute atomic E-state index is 0.311. The van der Waals surface area contributed by atoms with E-state index in [2.05, 4.69) is 34.7 Å². The second-order valence-corrected chi connectivity index (χ2v) is 6.23. The van der Waals surface area contributed by atoms with Crippen LogP contribution in [0.2, 0.25) is 0 Å². The average molecular weight is 377 g/mol. The number of aryl methyl sites for hydroxylation is 1. The topological polar surface area (TPSA) is 72.5 Å². The number of carbonyl (C=O) groups excluding carboxylic acids is 1. The maximum atomic E-state index is 12.5. The highest BCUT2D eigenvalue weighted by molar-refractivity contribution is 6.03. The predicted molar refractivity (Wildman–Crippen MR) is 110 cm³/mol. The molecule has 0 bridgehead atoms. The Kier molecular flexibility index (Phi) is 6.11. The Labute approximate surface area is 164 Å². The largest absolute Gasteiger partial charge is 0.497 e. The third-order valence-electron chi connectivity index (χ3n) is 4.40. The monoisotopic (exact) mass is 377 g/mol. The van der Waals surface area contributed by atoms with Gasteiger partial charge in [-0.1, -0.05) is 24.3 Å². The van der Waals surface area contributed by atoms with E-state index in [1.165, 1.54) is 18.2 Å². The Morgan fingerprint density at radius 3 is 2.54 bits per heavy atom. The first-order valence-corrected chi connectivity index (χ1v) is 8.88. The standard InChI is InChI=1S/C22H23N3O3/c1-15-6-4-5-7-16(15)13-23-17-8-10-20(24-14-17)22(26)25-19-11-9-18(27-2)12-21(19)28-3/h4-12,14,23H,13H2,1-3H3,(H,25,26). The zero-order valence-electron chi connectivity index (χ0n) is 16.2. The van der Waals surface area contributed by atoms with Crippen LogP contribution < -0.4 is 20.1 Å². The van der Waals surface area contributed by atoms with Gasteiger partial charge in [0.2, 0.25) is 0 Å². The van der Waals surface area contributed by atoms with Gasteiger partial charge >= 0.3 is 0 Å². The fourth-order valence-corrected chi connectivity index (χ4v) is 2.73. The van der Waals surface area contributed by atoms with Gasteiger partial charge in [-0.25, -0.2) is 4.98 Å². The number of ether oxygens (including phenoxy) is 2. The number of amides is 1. The molecule has 1 aromatic heterocycles. The van der Waals surface area contributed by atoms with Crippen molar-refractivity contribution >= 4 is 17.3 Å². The first kappa shape index (κ1) is 19.2. The molecule has 0 aliphatic rings. The third kappa shape index (κ3) is 4.59. The van der Waals surface area contributed by atoms with Crippen LogP contribution in [0.1, 0.15) is 21.6 Å². The Morgan fingerprint density at radius 2 is 1.86 bits per heavy atom. The lowest BCUT2D eigenvalue weighted by Gasteiger charge is -2.12. The van der Waals surface area contributed by atoms with Crippen molar-refractivity contribution < 1.29 is 14.3 Å². The number of pyridine rings is 1. The summed E-state index contributed by atoms with van der Waals surface area (Å²) in [6, 6.07) is 16.9. The summed E-state index contributed by atoms with van der Waals surface area (Å²) in [5, 5.41) is 6.13. The van der Waals surface area contributed by atoms with Crippen LogP contribution in [0.15, 0.2) is 60.8 Å². The van der Waals surface area contributed by atoms with E-state index in [0.717, 1.165) is 5.69 Å². The molecule has 0 atom stereocenters. The van der Waals surface area contributed by atoms with Crippen LogP contribution in [0.25, 0.3) is 0 Å². The number of hydrogen-bond donors (Lipinski definition) is 2. The molecule has 0 aliphatic carbocycles. The van der Waals surface area contributed by atoms with Crippen LogP contribution in [0, 0.1) is 6.92 Å². The number of benzene rings is 2. The SMILES string of the molecule is COc1ccc(NC(=O)c2ccc(NCc3ccccc3C)cn2)c(OC)c1. The van der Waals surface area contributed by atoms with Crippen molar-refractivity contribution in [3.63, 3.8) is 0 Å². The molecule has 3 rings (SSSR count). The third-order valence-corrected chi connectivity index (χ3v) is 4.40. The molecular formula is C22H23N3O3. The quantitative estimate of drug-likeness (QED) is 0.643. The van der Waals surface area contributed by atoms with Crippen molar-refractivity contribution in [1.82, 2.24) is 4.98 Å². The Bertz CT molecular complexity index is 955. The lowest BCUT2D eigenvalue weighted by Crippen LogP contribution is -2.14. The second kappa shape index (κ2) is 8.90. The number of carbonyl (C=O) groups is 1. The van der Waals surface area contributed by atoms with Crippen molar-refractivity contribution in [3.05, 3.63) is 77.6 Å². The van der Waals surface area contributed by atoms with Crippen LogP contribution in [-0.2, 0) is 6.54 Å². The number of anilines is 2. The van der Waals surface area contributed by atoms with E-state index < -0.39 is 0 Å². The number of methoxy groups -OCH3 is 2. The second-order valence-electron chi connectivity index (χ2n) is 6.23. The van der Waals surface area contributed by atoms with Gasteiger partial charge in [0.05, 0.1) is 31.8 Å². The zero-order chi connectivity index (χ0) is 19.9. The van der Waals surface area contributed by atoms with Crippen molar-refractivity contribution in [1.29, 1.82) is 0 Å². The fraction of sp³-hybridized carbons (Fsp3) is 0.182. The van der Waals surface area contributed by atoms with E-state index in [-0.39, 0.29) is 5.91 Å². The van der Waals surface area contributed by atoms with E-state index in [4.69, 9.17) is 9.47 Å². The van der Waals surface area contributed by atoms with Gasteiger partial charge < -0.3 is 20.1 Å². The van der Waals surface area contributed by atoms with Crippen LogP contribution in [0.4, 0.5) is 11.4 Å². The molecule has 1 amide bonds. The van der Waals surface area contributed by atoms with Crippen LogP contribution in [0.5, 0.6) is 11.5 Å². The predicted octanol–water partition coefficient (Wildman–Crippen LogP) is 4.27. The molecule has 3 aromatic rings. The smallest absolute Gasteiger partial charge is 0.274 e. The number of nitrogens with zero attached hydrogens (tertiary/aromatic N) is 1. The molecule has 0 saturated carbocycles. The van der Waals surface area contributed by atoms with Gasteiger partial charge in [-0.2, -0.15) is 0 Å². The average Bonchev–Trinajstić information content (AvgIpc) is 2.73. The van der Waals surface area contributed by atoms with Crippen LogP contribution in [-0.4, -0.2) is 25.1 Å². The van der Waals surface area contributed by atoms with Crippen molar-refractivity contribution in [2.24, 2.45) is 0 Å². The highest BCUT2D eigenvalue weighted by atomic mass is 16.5. The number of nitrogens with one attached hydrogen (secondary N) is 2. The molecule has 0 radical (unpaired) electrons. The first-order chi connectivity index (χ1) is 13.6. The summed E-state index contributed by atoms with van der Waals surface area (Å²) in [6.45, 7) is 2.78. The van der Waals surface area contributed by atoms with E-state index in [1.54, 1.807) is 37.6 Å². The van der Waals surface area contributed by atoms with Crippen molar-refractivity contribution in [3.8, 4) is 11.5 Å². The summed E-state index contributed by atoms with van der Waals surface area (Å²) in [6.07, 6.45) is 1.65. The molecule has 6 heteroatoms. The van der Waals surface area contributed by atoms with Gasteiger partial charge in [0.1, 0.15) is 17.2 Å². The molecule has 1 heterocycles. The molecule has 0 saturated heterocycles. The van der Waals surface area contributed by atoms with Gasteiger partial charge in [-0.3, -0.25) is 4.79 Å². The van der Waals surface area contributed by atoms with E-state index in [9.17, 15) is 4.79 Å². The fourth-order valence-electron chi connectivity index (χ4n) is 2.73. The molecule has 6 nitrogen and oxygen atoms in total. The lowest BCUT2D eigenvalue weighted by atomic mass is 10.1. The normalized spacial score (nSPS) is 10.2. The molecule has 2 N–H and O–H groups in total. The summed E-state index contributed by atoms with van der Waals surface area (Å²) in [4.78, 5) is 16.7. The summed E-state index contributed by atoms with van der Waals surface area (Å²) in [5.41, 5.74) is 4.17. The molecule has 0 spiro atoms. The van der Waals surface area contributed by atoms with Gasteiger partial charge in [-0.15, -0.1) is 0 Å². The number of rotatable bonds is 7. The Morgan fingerprint density at radius 1 is 1.04 bits per heavy atom. The van der Waals surface area contributed by atoms with Gasteiger partial charge in [-0.05, 0) is 42.3 Å². The van der Waals surface area contributed by atoms with Crippen molar-refractivity contribution in [2.45, 2.75) is 13.5 Å². The number of hydrogen-bond acceptors (Lipinski definition) is 5. The number of aromatic nitrogens is 1. The van der Waals surface area contributed by atoms with Gasteiger partial charge in [0.15, 0.2) is 0 Å². The lowest BCUT2D eigenvalue weighted by molar-refractivity contribution is 0.102. The van der Waals surface area contributed by atoms with E-state index in [0.29, 0.717) is 29.4 Å². The zero-order valence-corrected chi connectivity index (χ0v) is 16.2. The molecule has 0 unspecified atom stereocenters. The molecule has 0 fully saturated rings. The Balaban J connectivity index is 1.64. The maximum Gasteiger partial charge on any atom is 0.274 e. The van der Waals surface area contributed by atoms with E-state index in [1.807, 2.05) is 18.2 Å².